The van der Waals surface area contributed by atoms with Crippen LogP contribution < -0.4 is 68.6 Å². The molecule has 0 radical (unpaired) electrons. The summed E-state index contributed by atoms with van der Waals surface area (Å²) in [4.78, 5) is 0.717. The number of aromatic nitrogens is 3. The van der Waals surface area contributed by atoms with Gasteiger partial charge in [-0.25, -0.2) is 8.42 Å². The van der Waals surface area contributed by atoms with Gasteiger partial charge in [0.2, 0.25) is 0 Å². The van der Waals surface area contributed by atoms with Crippen molar-refractivity contribution in [1.82, 2.24) is 15.0 Å². The van der Waals surface area contributed by atoms with Crippen LogP contribution in [0, 0.1) is 6.92 Å². The van der Waals surface area contributed by atoms with E-state index in [0.717, 1.165) is 16.4 Å². The molecule has 1 heterocycles. The molecule has 6 rings (SSSR count). The van der Waals surface area contributed by atoms with Crippen molar-refractivity contribution in [3.05, 3.63) is 90.5 Å². The molecule has 0 fully saturated rings. The van der Waals surface area contributed by atoms with Crippen LogP contribution in [0.25, 0.3) is 38.3 Å². The van der Waals surface area contributed by atoms with Crippen molar-refractivity contribution < 1.29 is 99.3 Å². The standard InChI is InChI=1S/C27H19N3O9S3.2Na/c1-16-6-10-20(11-7-16)42(35,36)37-23-13-8-17-4-2-3-5-22(17)27(23)30-28-25-21-12-9-19(40-39-38-31)14-18(21)15-24(26(25)29-30)41(32,33)34;;/h2-15,31H,1H3,(H,32,33,34);;/q;2*+1/p-2. The molecule has 0 amide bonds. The number of hydrogen-bond donors (Lipinski definition) is 0. The predicted molar refractivity (Wildman–Crippen MR) is 149 cm³/mol. The second-order valence-corrected chi connectivity index (χ2v) is 12.8. The Morgan fingerprint density at radius 1 is 0.795 bits per heavy atom. The van der Waals surface area contributed by atoms with Crippen LogP contribution in [0.4, 0.5) is 0 Å². The molecule has 44 heavy (non-hydrogen) atoms. The molecule has 0 aliphatic carbocycles. The van der Waals surface area contributed by atoms with Crippen molar-refractivity contribution in [3.8, 4) is 11.4 Å². The van der Waals surface area contributed by atoms with Crippen molar-refractivity contribution in [3.63, 3.8) is 0 Å². The van der Waals surface area contributed by atoms with Gasteiger partial charge in [-0.1, -0.05) is 54.1 Å². The normalized spacial score (nSPS) is 11.8. The van der Waals surface area contributed by atoms with Gasteiger partial charge >= 0.3 is 69.2 Å². The molecular formula is C27H17N3Na2O9S3. The first-order chi connectivity index (χ1) is 20.0. The summed E-state index contributed by atoms with van der Waals surface area (Å²) < 4.78 is 73.3. The molecule has 17 heteroatoms. The third-order valence-corrected chi connectivity index (χ3v) is 9.08. The number of benzene rings is 5. The van der Waals surface area contributed by atoms with E-state index in [0.29, 0.717) is 38.5 Å². The number of aryl methyl sites for hydroxylation is 1. The van der Waals surface area contributed by atoms with Gasteiger partial charge in [0.15, 0.2) is 5.75 Å². The van der Waals surface area contributed by atoms with Crippen molar-refractivity contribution in [2.24, 2.45) is 0 Å². The third-order valence-electron chi connectivity index (χ3n) is 6.41. The second-order valence-electron chi connectivity index (χ2n) is 9.10. The average Bonchev–Trinajstić information content (AvgIpc) is 3.39. The Morgan fingerprint density at radius 2 is 1.50 bits per heavy atom. The summed E-state index contributed by atoms with van der Waals surface area (Å²) in [6, 6.07) is 22.0. The van der Waals surface area contributed by atoms with Gasteiger partial charge in [-0.3, -0.25) is 5.04 Å². The fourth-order valence-corrected chi connectivity index (χ4v) is 6.50. The Balaban J connectivity index is 0.00000221. The predicted octanol–water partition coefficient (Wildman–Crippen LogP) is -2.05. The molecule has 0 saturated carbocycles. The SMILES string of the molecule is Cc1ccc(S(=O)(=O)Oc2ccc3ccccc3c2-n2nc3c(S(=O)(=O)[O-])cc4cc(SOO[O-])ccc4c3n2)cc1.[Na+].[Na+]. The molecule has 0 aliphatic heterocycles. The molecule has 12 nitrogen and oxygen atoms in total. The smallest absolute Gasteiger partial charge is 0.744 e. The van der Waals surface area contributed by atoms with Crippen LogP contribution in [0.2, 0.25) is 0 Å². The summed E-state index contributed by atoms with van der Waals surface area (Å²) in [5.74, 6) is -0.126. The van der Waals surface area contributed by atoms with Gasteiger partial charge in [-0.05, 0) is 54.1 Å². The number of nitrogens with zero attached hydrogens (tertiary/aromatic N) is 3. The Morgan fingerprint density at radius 3 is 2.20 bits per heavy atom. The first-order valence-electron chi connectivity index (χ1n) is 12.0. The summed E-state index contributed by atoms with van der Waals surface area (Å²) in [6.07, 6.45) is 0. The summed E-state index contributed by atoms with van der Waals surface area (Å²) >= 11 is 0.587. The Kier molecular flexibility index (Phi) is 10.8. The monoisotopic (exact) mass is 669 g/mol. The van der Waals surface area contributed by atoms with Crippen molar-refractivity contribution in [2.75, 3.05) is 0 Å². The van der Waals surface area contributed by atoms with Gasteiger partial charge in [0.1, 0.15) is 31.7 Å². The molecular weight excluding hydrogens is 652 g/mol. The quantitative estimate of drug-likeness (QED) is 0.0434. The maximum Gasteiger partial charge on any atom is 1.00 e. The zero-order chi connectivity index (χ0) is 29.6. The minimum Gasteiger partial charge on any atom is -0.744 e. The van der Waals surface area contributed by atoms with Crippen LogP contribution in [0.1, 0.15) is 5.56 Å². The zero-order valence-electron chi connectivity index (χ0n) is 23.3. The van der Waals surface area contributed by atoms with Gasteiger partial charge in [0, 0.05) is 15.7 Å². The van der Waals surface area contributed by atoms with E-state index in [1.807, 2.05) is 6.92 Å². The first kappa shape index (κ1) is 34.8. The molecule has 6 aromatic rings. The van der Waals surface area contributed by atoms with Crippen molar-refractivity contribution in [2.45, 2.75) is 21.6 Å². The maximum atomic E-state index is 13.2. The maximum absolute atomic E-state index is 13.2. The van der Waals surface area contributed by atoms with Crippen molar-refractivity contribution in [1.29, 1.82) is 0 Å². The molecule has 0 unspecified atom stereocenters. The van der Waals surface area contributed by atoms with Gasteiger partial charge in [-0.2, -0.15) is 12.8 Å². The molecule has 0 atom stereocenters. The van der Waals surface area contributed by atoms with Gasteiger partial charge in [0.05, 0.1) is 16.9 Å². The van der Waals surface area contributed by atoms with Crippen LogP contribution in [-0.4, -0.2) is 36.4 Å². The van der Waals surface area contributed by atoms with Crippen molar-refractivity contribution >= 4 is 64.9 Å². The fourth-order valence-electron chi connectivity index (χ4n) is 4.51. The van der Waals surface area contributed by atoms with E-state index < -0.39 is 25.1 Å². The Labute approximate surface area is 299 Å². The second kappa shape index (κ2) is 13.7. The number of rotatable bonds is 8. The summed E-state index contributed by atoms with van der Waals surface area (Å²) in [5.41, 5.74) is 0.800. The molecule has 0 aliphatic rings. The molecule has 0 N–H and O–H groups in total. The Hall–Kier alpha value is -2.09. The van der Waals surface area contributed by atoms with Crippen LogP contribution in [0.3, 0.4) is 0 Å². The van der Waals surface area contributed by atoms with Crippen LogP contribution >= 0.6 is 12.0 Å². The largest absolute Gasteiger partial charge is 1.00 e. The number of fused-ring (bicyclic) bond motifs is 4. The van der Waals surface area contributed by atoms with Gasteiger partial charge in [0.25, 0.3) is 0 Å². The first-order valence-corrected chi connectivity index (χ1v) is 15.6. The van der Waals surface area contributed by atoms with Crippen LogP contribution in [0.15, 0.2) is 99.6 Å². The minimum atomic E-state index is -5.05. The third kappa shape index (κ3) is 6.85. The van der Waals surface area contributed by atoms with Crippen LogP contribution in [0.5, 0.6) is 5.75 Å². The van der Waals surface area contributed by atoms with Crippen LogP contribution in [-0.2, 0) is 29.6 Å². The van der Waals surface area contributed by atoms with E-state index in [2.05, 4.69) is 19.6 Å². The van der Waals surface area contributed by atoms with E-state index >= 15 is 0 Å². The summed E-state index contributed by atoms with van der Waals surface area (Å²) in [5, 5.41) is 24.4. The molecule has 0 spiro atoms. The number of hydrogen-bond acceptors (Lipinski definition) is 12. The van der Waals surface area contributed by atoms with Gasteiger partial charge in [-0.15, -0.1) is 15.0 Å². The molecule has 0 bridgehead atoms. The molecule has 5 aromatic carbocycles. The van der Waals surface area contributed by atoms with E-state index in [-0.39, 0.29) is 86.5 Å². The summed E-state index contributed by atoms with van der Waals surface area (Å²) in [7, 11) is -9.35. The summed E-state index contributed by atoms with van der Waals surface area (Å²) in [6.45, 7) is 1.82. The van der Waals surface area contributed by atoms with E-state index in [1.165, 1.54) is 24.3 Å². The van der Waals surface area contributed by atoms with E-state index in [1.54, 1.807) is 54.6 Å². The molecule has 1 aromatic heterocycles. The fraction of sp³-hybridized carbons (Fsp3) is 0.0370. The topological polar surface area (TPSA) is 173 Å². The molecule has 0 saturated heterocycles. The average molecular weight is 670 g/mol. The Bertz CT molecular complexity index is 2230. The van der Waals surface area contributed by atoms with E-state index in [4.69, 9.17) is 4.18 Å². The molecule has 214 valence electrons. The minimum absolute atomic E-state index is 0. The van der Waals surface area contributed by atoms with Gasteiger partial charge < -0.3 is 14.0 Å². The zero-order valence-corrected chi connectivity index (χ0v) is 29.8. The van der Waals surface area contributed by atoms with E-state index in [9.17, 15) is 26.6 Å².